The van der Waals surface area contributed by atoms with Gasteiger partial charge in [-0.1, -0.05) is 11.3 Å². The van der Waals surface area contributed by atoms with Crippen LogP contribution < -0.4 is 11.1 Å². The van der Waals surface area contributed by atoms with Crippen molar-refractivity contribution in [3.8, 4) is 0 Å². The number of rotatable bonds is 2. The zero-order chi connectivity index (χ0) is 12.4. The fourth-order valence-electron chi connectivity index (χ4n) is 1.09. The quantitative estimate of drug-likeness (QED) is 0.856. The van der Waals surface area contributed by atoms with Gasteiger partial charge in [-0.05, 0) is 12.1 Å². The number of hydrogen-bond donors (Lipinski definition) is 2. The molecule has 0 unspecified atom stereocenters. The maximum Gasteiger partial charge on any atom is 0.286 e. The Morgan fingerprint density at radius 1 is 1.35 bits per heavy atom. The first-order valence-electron chi connectivity index (χ1n) is 4.41. The Labute approximate surface area is 98.3 Å². The highest BCUT2D eigenvalue weighted by Gasteiger charge is 2.14. The monoisotopic (exact) mass is 256 g/mol. The van der Waals surface area contributed by atoms with E-state index in [1.807, 2.05) is 0 Å². The molecule has 5 nitrogen and oxygen atoms in total. The Morgan fingerprint density at radius 2 is 2.12 bits per heavy atom. The van der Waals surface area contributed by atoms with Crippen LogP contribution in [0.5, 0.6) is 0 Å². The van der Waals surface area contributed by atoms with Crippen LogP contribution >= 0.6 is 11.3 Å². The molecule has 1 amide bonds. The number of amides is 1. The van der Waals surface area contributed by atoms with Gasteiger partial charge >= 0.3 is 0 Å². The van der Waals surface area contributed by atoms with Gasteiger partial charge in [0.2, 0.25) is 10.1 Å². The van der Waals surface area contributed by atoms with Crippen LogP contribution in [0.15, 0.2) is 18.2 Å². The number of anilines is 2. The zero-order valence-corrected chi connectivity index (χ0v) is 9.09. The SMILES string of the molecule is Nc1nnc(C(=O)Nc2ccc(F)cc2F)s1. The first-order chi connectivity index (χ1) is 8.06. The van der Waals surface area contributed by atoms with E-state index < -0.39 is 17.5 Å². The average Bonchev–Trinajstić information content (AvgIpc) is 2.69. The van der Waals surface area contributed by atoms with E-state index in [1.54, 1.807) is 0 Å². The molecule has 1 aromatic carbocycles. The van der Waals surface area contributed by atoms with Gasteiger partial charge in [0.25, 0.3) is 5.91 Å². The molecule has 0 bridgehead atoms. The Kier molecular flexibility index (Phi) is 2.96. The van der Waals surface area contributed by atoms with Crippen molar-refractivity contribution in [1.82, 2.24) is 10.2 Å². The van der Waals surface area contributed by atoms with Crippen LogP contribution in [0.25, 0.3) is 0 Å². The summed E-state index contributed by atoms with van der Waals surface area (Å²) >= 11 is 0.871. The van der Waals surface area contributed by atoms with Gasteiger partial charge in [0.1, 0.15) is 11.6 Å². The third-order valence-electron chi connectivity index (χ3n) is 1.81. The molecular weight excluding hydrogens is 250 g/mol. The molecule has 2 aromatic rings. The summed E-state index contributed by atoms with van der Waals surface area (Å²) in [5.41, 5.74) is 5.17. The lowest BCUT2D eigenvalue weighted by Gasteiger charge is -2.03. The second kappa shape index (κ2) is 4.42. The standard InChI is InChI=1S/C9H6F2N4OS/c10-4-1-2-6(5(11)3-4)13-7(16)8-14-15-9(12)17-8/h1-3H,(H2,12,15)(H,13,16). The number of hydrogen-bond acceptors (Lipinski definition) is 5. The summed E-state index contributed by atoms with van der Waals surface area (Å²) in [5.74, 6) is -2.23. The van der Waals surface area contributed by atoms with Crippen LogP contribution in [-0.4, -0.2) is 16.1 Å². The van der Waals surface area contributed by atoms with Gasteiger partial charge in [0, 0.05) is 6.07 Å². The Balaban J connectivity index is 2.18. The molecule has 0 aliphatic rings. The molecule has 2 rings (SSSR count). The predicted octanol–water partition coefficient (Wildman–Crippen LogP) is 1.65. The van der Waals surface area contributed by atoms with Crippen LogP contribution in [0.1, 0.15) is 9.80 Å². The number of benzene rings is 1. The van der Waals surface area contributed by atoms with E-state index in [0.29, 0.717) is 6.07 Å². The summed E-state index contributed by atoms with van der Waals surface area (Å²) < 4.78 is 25.8. The van der Waals surface area contributed by atoms with Gasteiger partial charge in [-0.15, -0.1) is 10.2 Å². The van der Waals surface area contributed by atoms with Crippen molar-refractivity contribution in [2.75, 3.05) is 11.1 Å². The normalized spacial score (nSPS) is 10.2. The van der Waals surface area contributed by atoms with E-state index in [1.165, 1.54) is 0 Å². The molecule has 0 saturated carbocycles. The van der Waals surface area contributed by atoms with Gasteiger partial charge in [0.15, 0.2) is 0 Å². The minimum atomic E-state index is -0.865. The van der Waals surface area contributed by atoms with E-state index in [4.69, 9.17) is 5.73 Å². The number of carbonyl (C=O) groups is 1. The third-order valence-corrected chi connectivity index (χ3v) is 2.57. The van der Waals surface area contributed by atoms with Gasteiger partial charge in [0.05, 0.1) is 5.69 Å². The summed E-state index contributed by atoms with van der Waals surface area (Å²) in [6, 6.07) is 2.82. The van der Waals surface area contributed by atoms with Crippen molar-refractivity contribution in [1.29, 1.82) is 0 Å². The van der Waals surface area contributed by atoms with E-state index in [9.17, 15) is 13.6 Å². The molecule has 0 aliphatic heterocycles. The minimum absolute atomic E-state index is 0.00576. The lowest BCUT2D eigenvalue weighted by Crippen LogP contribution is -2.12. The molecule has 0 fully saturated rings. The topological polar surface area (TPSA) is 80.9 Å². The summed E-state index contributed by atoms with van der Waals surface area (Å²) in [6.45, 7) is 0. The summed E-state index contributed by atoms with van der Waals surface area (Å²) in [6.07, 6.45) is 0. The first kappa shape index (κ1) is 11.4. The third kappa shape index (κ3) is 2.53. The van der Waals surface area contributed by atoms with Crippen LogP contribution in [-0.2, 0) is 0 Å². The van der Waals surface area contributed by atoms with Gasteiger partial charge in [-0.3, -0.25) is 4.79 Å². The number of halogens is 2. The number of carbonyl (C=O) groups excluding carboxylic acids is 1. The highest BCUT2D eigenvalue weighted by Crippen LogP contribution is 2.17. The van der Waals surface area contributed by atoms with E-state index in [-0.39, 0.29) is 15.8 Å². The number of aromatic nitrogens is 2. The Bertz CT molecular complexity index is 572. The van der Waals surface area contributed by atoms with Crippen molar-refractivity contribution in [3.05, 3.63) is 34.8 Å². The molecule has 88 valence electrons. The highest BCUT2D eigenvalue weighted by atomic mass is 32.1. The maximum absolute atomic E-state index is 13.2. The predicted molar refractivity (Wildman–Crippen MR) is 58.6 cm³/mol. The van der Waals surface area contributed by atoms with Gasteiger partial charge in [-0.25, -0.2) is 8.78 Å². The van der Waals surface area contributed by atoms with Crippen molar-refractivity contribution in [3.63, 3.8) is 0 Å². The summed E-state index contributed by atoms with van der Waals surface area (Å²) in [5, 5.41) is 9.32. The second-order valence-corrected chi connectivity index (χ2v) is 4.03. The minimum Gasteiger partial charge on any atom is -0.374 e. The molecule has 1 heterocycles. The molecule has 0 saturated heterocycles. The molecule has 17 heavy (non-hydrogen) atoms. The number of nitrogens with one attached hydrogen (secondary N) is 1. The van der Waals surface area contributed by atoms with Crippen LogP contribution in [0.2, 0.25) is 0 Å². The second-order valence-electron chi connectivity index (χ2n) is 3.02. The number of nitrogens with zero attached hydrogens (tertiary/aromatic N) is 2. The molecule has 8 heteroatoms. The highest BCUT2D eigenvalue weighted by molar-refractivity contribution is 7.16. The molecule has 0 atom stereocenters. The molecule has 1 aromatic heterocycles. The van der Waals surface area contributed by atoms with Crippen molar-refractivity contribution in [2.45, 2.75) is 0 Å². The molecule has 0 spiro atoms. The largest absolute Gasteiger partial charge is 0.374 e. The van der Waals surface area contributed by atoms with E-state index in [0.717, 1.165) is 23.5 Å². The fourth-order valence-corrected chi connectivity index (χ4v) is 1.60. The van der Waals surface area contributed by atoms with Gasteiger partial charge < -0.3 is 11.1 Å². The molecular formula is C9H6F2N4OS. The van der Waals surface area contributed by atoms with Crippen LogP contribution in [0.4, 0.5) is 19.6 Å². The van der Waals surface area contributed by atoms with Crippen molar-refractivity contribution in [2.24, 2.45) is 0 Å². The molecule has 3 N–H and O–H groups in total. The van der Waals surface area contributed by atoms with Crippen molar-refractivity contribution < 1.29 is 13.6 Å². The Morgan fingerprint density at radius 3 is 2.71 bits per heavy atom. The van der Waals surface area contributed by atoms with Crippen LogP contribution in [0, 0.1) is 11.6 Å². The number of nitrogen functional groups attached to an aromatic ring is 1. The lowest BCUT2D eigenvalue weighted by atomic mass is 10.3. The maximum atomic E-state index is 13.2. The van der Waals surface area contributed by atoms with Crippen molar-refractivity contribution >= 4 is 28.1 Å². The molecule has 0 radical (unpaired) electrons. The smallest absolute Gasteiger partial charge is 0.286 e. The van der Waals surface area contributed by atoms with Crippen LogP contribution in [0.3, 0.4) is 0 Å². The first-order valence-corrected chi connectivity index (χ1v) is 5.23. The summed E-state index contributed by atoms with van der Waals surface area (Å²) in [4.78, 5) is 11.5. The zero-order valence-electron chi connectivity index (χ0n) is 8.28. The summed E-state index contributed by atoms with van der Waals surface area (Å²) in [7, 11) is 0. The van der Waals surface area contributed by atoms with E-state index >= 15 is 0 Å². The fraction of sp³-hybridized carbons (Fsp3) is 0. The van der Waals surface area contributed by atoms with E-state index in [2.05, 4.69) is 15.5 Å². The molecule has 0 aliphatic carbocycles. The Hall–Kier alpha value is -2.09. The lowest BCUT2D eigenvalue weighted by molar-refractivity contribution is 0.102. The van der Waals surface area contributed by atoms with Gasteiger partial charge in [-0.2, -0.15) is 0 Å². The number of nitrogens with two attached hydrogens (primary N) is 1. The average molecular weight is 256 g/mol.